The van der Waals surface area contributed by atoms with Crippen molar-refractivity contribution in [2.24, 2.45) is 0 Å². The third-order valence-electron chi connectivity index (χ3n) is 4.87. The highest BCUT2D eigenvalue weighted by molar-refractivity contribution is 6.35. The van der Waals surface area contributed by atoms with E-state index >= 15 is 0 Å². The molecule has 1 saturated carbocycles. The van der Waals surface area contributed by atoms with Gasteiger partial charge in [-0.1, -0.05) is 41.8 Å². The van der Waals surface area contributed by atoms with Gasteiger partial charge in [0.2, 0.25) is 0 Å². The van der Waals surface area contributed by atoms with Gasteiger partial charge >= 0.3 is 0 Å². The number of nitrogens with zero attached hydrogens (tertiary/aromatic N) is 2. The zero-order chi connectivity index (χ0) is 18.1. The minimum Gasteiger partial charge on any atom is -0.489 e. The molecule has 6 heteroatoms. The summed E-state index contributed by atoms with van der Waals surface area (Å²) >= 11 is 12.0. The Morgan fingerprint density at radius 3 is 2.73 bits per heavy atom. The van der Waals surface area contributed by atoms with E-state index in [9.17, 15) is 5.11 Å². The van der Waals surface area contributed by atoms with Gasteiger partial charge in [0.25, 0.3) is 0 Å². The SMILES string of the molecule is OC(COc1ccc(Cl)cc1Cl)Cn1c(C2CCC2)nc2ccccc21. The van der Waals surface area contributed by atoms with Gasteiger partial charge < -0.3 is 14.4 Å². The summed E-state index contributed by atoms with van der Waals surface area (Å²) in [5, 5.41) is 11.5. The van der Waals surface area contributed by atoms with E-state index in [2.05, 4.69) is 4.57 Å². The van der Waals surface area contributed by atoms with Crippen LogP contribution in [0.25, 0.3) is 11.0 Å². The Kier molecular flexibility index (Phi) is 5.07. The number of aromatic nitrogens is 2. The predicted molar refractivity (Wildman–Crippen MR) is 104 cm³/mol. The van der Waals surface area contributed by atoms with Crippen molar-refractivity contribution >= 4 is 34.2 Å². The Morgan fingerprint density at radius 1 is 1.19 bits per heavy atom. The topological polar surface area (TPSA) is 47.3 Å². The number of hydrogen-bond acceptors (Lipinski definition) is 3. The molecule has 1 aliphatic carbocycles. The van der Waals surface area contributed by atoms with Crippen molar-refractivity contribution in [1.29, 1.82) is 0 Å². The average molecular weight is 391 g/mol. The second-order valence-corrected chi connectivity index (χ2v) is 7.58. The van der Waals surface area contributed by atoms with Crippen LogP contribution in [0.3, 0.4) is 0 Å². The monoisotopic (exact) mass is 390 g/mol. The predicted octanol–water partition coefficient (Wildman–Crippen LogP) is 5.05. The van der Waals surface area contributed by atoms with Crippen molar-refractivity contribution in [2.45, 2.75) is 37.8 Å². The number of hydrogen-bond donors (Lipinski definition) is 1. The zero-order valence-corrected chi connectivity index (χ0v) is 15.7. The Hall–Kier alpha value is -1.75. The molecule has 0 saturated heterocycles. The fourth-order valence-corrected chi connectivity index (χ4v) is 3.77. The Balaban J connectivity index is 1.51. The molecular formula is C20H20Cl2N2O2. The van der Waals surface area contributed by atoms with Gasteiger partial charge in [-0.15, -0.1) is 0 Å². The summed E-state index contributed by atoms with van der Waals surface area (Å²) in [7, 11) is 0. The van der Waals surface area contributed by atoms with Gasteiger partial charge in [-0.25, -0.2) is 4.98 Å². The molecule has 1 fully saturated rings. The summed E-state index contributed by atoms with van der Waals surface area (Å²) in [6.45, 7) is 0.593. The number of aliphatic hydroxyl groups excluding tert-OH is 1. The second kappa shape index (κ2) is 7.47. The van der Waals surface area contributed by atoms with E-state index in [0.717, 1.165) is 29.7 Å². The number of halogens is 2. The number of fused-ring (bicyclic) bond motifs is 1. The molecule has 1 aromatic heterocycles. The first-order valence-electron chi connectivity index (χ1n) is 8.83. The maximum absolute atomic E-state index is 10.5. The maximum atomic E-state index is 10.5. The lowest BCUT2D eigenvalue weighted by Crippen LogP contribution is -2.26. The lowest BCUT2D eigenvalue weighted by Gasteiger charge is -2.26. The molecule has 1 atom stereocenters. The van der Waals surface area contributed by atoms with Gasteiger partial charge in [0, 0.05) is 10.9 Å². The van der Waals surface area contributed by atoms with Crippen LogP contribution in [0.1, 0.15) is 31.0 Å². The molecular weight excluding hydrogens is 371 g/mol. The maximum Gasteiger partial charge on any atom is 0.138 e. The van der Waals surface area contributed by atoms with Crippen molar-refractivity contribution in [3.8, 4) is 5.75 Å². The normalized spacial score (nSPS) is 15.8. The molecule has 1 aliphatic rings. The zero-order valence-electron chi connectivity index (χ0n) is 14.2. The van der Waals surface area contributed by atoms with Gasteiger partial charge in [0.1, 0.15) is 24.3 Å². The molecule has 1 heterocycles. The highest BCUT2D eigenvalue weighted by atomic mass is 35.5. The third kappa shape index (κ3) is 3.54. The van der Waals surface area contributed by atoms with Gasteiger partial charge in [-0.3, -0.25) is 0 Å². The van der Waals surface area contributed by atoms with E-state index in [1.54, 1.807) is 18.2 Å². The minimum absolute atomic E-state index is 0.151. The molecule has 4 rings (SSSR count). The van der Waals surface area contributed by atoms with Crippen LogP contribution in [0.5, 0.6) is 5.75 Å². The molecule has 3 aromatic rings. The second-order valence-electron chi connectivity index (χ2n) is 6.74. The molecule has 1 N–H and O–H groups in total. The third-order valence-corrected chi connectivity index (χ3v) is 5.40. The first-order chi connectivity index (χ1) is 12.6. The lowest BCUT2D eigenvalue weighted by atomic mass is 9.85. The van der Waals surface area contributed by atoms with Crippen molar-refractivity contribution in [1.82, 2.24) is 9.55 Å². The highest BCUT2D eigenvalue weighted by Gasteiger charge is 2.26. The summed E-state index contributed by atoms with van der Waals surface area (Å²) in [6, 6.07) is 13.1. The smallest absolute Gasteiger partial charge is 0.138 e. The quantitative estimate of drug-likeness (QED) is 0.640. The molecule has 2 aromatic carbocycles. The number of benzene rings is 2. The Labute approximate surface area is 162 Å². The summed E-state index contributed by atoms with van der Waals surface area (Å²) in [5.74, 6) is 2.08. The average Bonchev–Trinajstić information content (AvgIpc) is 2.91. The molecule has 4 nitrogen and oxygen atoms in total. The van der Waals surface area contributed by atoms with Crippen LogP contribution in [0, 0.1) is 0 Å². The van der Waals surface area contributed by atoms with E-state index in [1.165, 1.54) is 6.42 Å². The first kappa shape index (κ1) is 17.7. The number of para-hydroxylation sites is 2. The summed E-state index contributed by atoms with van der Waals surface area (Å²) in [6.07, 6.45) is 2.90. The first-order valence-corrected chi connectivity index (χ1v) is 9.58. The summed E-state index contributed by atoms with van der Waals surface area (Å²) < 4.78 is 7.82. The lowest BCUT2D eigenvalue weighted by molar-refractivity contribution is 0.0920. The van der Waals surface area contributed by atoms with Crippen LogP contribution in [0.2, 0.25) is 10.0 Å². The van der Waals surface area contributed by atoms with E-state index in [1.807, 2.05) is 24.3 Å². The Morgan fingerprint density at radius 2 is 2.00 bits per heavy atom. The van der Waals surface area contributed by atoms with Gasteiger partial charge in [0.05, 0.1) is 22.6 Å². The van der Waals surface area contributed by atoms with E-state index in [4.69, 9.17) is 32.9 Å². The highest BCUT2D eigenvalue weighted by Crippen LogP contribution is 2.37. The minimum atomic E-state index is -0.668. The number of rotatable bonds is 6. The molecule has 0 amide bonds. The fraction of sp³-hybridized carbons (Fsp3) is 0.350. The molecule has 0 spiro atoms. The summed E-state index contributed by atoms with van der Waals surface area (Å²) in [5.41, 5.74) is 2.03. The van der Waals surface area contributed by atoms with Crippen LogP contribution in [-0.2, 0) is 6.54 Å². The molecule has 0 radical (unpaired) electrons. The van der Waals surface area contributed by atoms with Crippen LogP contribution < -0.4 is 4.74 Å². The van der Waals surface area contributed by atoms with Crippen molar-refractivity contribution < 1.29 is 9.84 Å². The van der Waals surface area contributed by atoms with Crippen LogP contribution >= 0.6 is 23.2 Å². The van der Waals surface area contributed by atoms with E-state index in [-0.39, 0.29) is 6.61 Å². The molecule has 136 valence electrons. The molecule has 1 unspecified atom stereocenters. The van der Waals surface area contributed by atoms with Crippen molar-refractivity contribution in [3.05, 3.63) is 58.3 Å². The molecule has 0 aliphatic heterocycles. The van der Waals surface area contributed by atoms with Gasteiger partial charge in [0.15, 0.2) is 0 Å². The van der Waals surface area contributed by atoms with Crippen molar-refractivity contribution in [2.75, 3.05) is 6.61 Å². The fourth-order valence-electron chi connectivity index (χ4n) is 3.31. The van der Waals surface area contributed by atoms with Crippen molar-refractivity contribution in [3.63, 3.8) is 0 Å². The number of ether oxygens (including phenoxy) is 1. The summed E-state index contributed by atoms with van der Waals surface area (Å²) in [4.78, 5) is 4.81. The van der Waals surface area contributed by atoms with Crippen LogP contribution in [-0.4, -0.2) is 27.4 Å². The van der Waals surface area contributed by atoms with E-state index < -0.39 is 6.10 Å². The van der Waals surface area contributed by atoms with Crippen LogP contribution in [0.4, 0.5) is 0 Å². The Bertz CT molecular complexity index is 921. The molecule has 0 bridgehead atoms. The molecule has 26 heavy (non-hydrogen) atoms. The van der Waals surface area contributed by atoms with Gasteiger partial charge in [-0.2, -0.15) is 0 Å². The van der Waals surface area contributed by atoms with Crippen LogP contribution in [0.15, 0.2) is 42.5 Å². The number of imidazole rings is 1. The standard InChI is InChI=1S/C20H20Cl2N2O2/c21-14-8-9-19(16(22)10-14)26-12-15(25)11-24-18-7-2-1-6-17(18)23-20(24)13-4-3-5-13/h1-2,6-10,13,15,25H,3-5,11-12H2. The number of aliphatic hydroxyl groups is 1. The van der Waals surface area contributed by atoms with E-state index in [0.29, 0.717) is 28.3 Å². The van der Waals surface area contributed by atoms with Gasteiger partial charge in [-0.05, 0) is 43.2 Å². The largest absolute Gasteiger partial charge is 0.489 e.